The van der Waals surface area contributed by atoms with Crippen LogP contribution in [-0.4, -0.2) is 47.0 Å². The molecule has 1 rings (SSSR count). The Morgan fingerprint density at radius 2 is 2.06 bits per heavy atom. The first kappa shape index (κ1) is 13.9. The van der Waals surface area contributed by atoms with Gasteiger partial charge < -0.3 is 10.1 Å². The Hall–Kier alpha value is -0.170. The molecule has 0 aromatic heterocycles. The number of sulfonamides is 1. The van der Waals surface area contributed by atoms with Gasteiger partial charge in [0.05, 0.1) is 12.4 Å². The standard InChI is InChI=1S/C10H22N2O3S/c1-15-10-5-3-4-9(8-10)11-6-7-12-16(2,13)14/h9-12H,3-8H2,1-2H3. The van der Waals surface area contributed by atoms with Gasteiger partial charge in [-0.3, -0.25) is 0 Å². The molecule has 2 unspecified atom stereocenters. The predicted octanol–water partition coefficient (Wildman–Crippen LogP) is 0.0828. The highest BCUT2D eigenvalue weighted by Gasteiger charge is 2.20. The molecular weight excluding hydrogens is 228 g/mol. The lowest BCUT2D eigenvalue weighted by atomic mass is 9.93. The van der Waals surface area contributed by atoms with Gasteiger partial charge in [-0.1, -0.05) is 0 Å². The molecule has 5 nitrogen and oxygen atoms in total. The molecule has 0 aromatic carbocycles. The fourth-order valence-corrected chi connectivity index (χ4v) is 2.53. The first-order valence-corrected chi connectivity index (χ1v) is 7.61. The van der Waals surface area contributed by atoms with E-state index in [2.05, 4.69) is 10.0 Å². The molecule has 0 heterocycles. The summed E-state index contributed by atoms with van der Waals surface area (Å²) in [5.74, 6) is 0. The zero-order valence-corrected chi connectivity index (χ0v) is 10.8. The van der Waals surface area contributed by atoms with E-state index < -0.39 is 10.0 Å². The molecule has 0 bridgehead atoms. The summed E-state index contributed by atoms with van der Waals surface area (Å²) < 4.78 is 29.4. The second-order valence-electron chi connectivity index (χ2n) is 4.34. The molecule has 1 fully saturated rings. The molecule has 1 aliphatic rings. The molecular formula is C10H22N2O3S. The van der Waals surface area contributed by atoms with Crippen LogP contribution in [0.15, 0.2) is 0 Å². The number of methoxy groups -OCH3 is 1. The first-order chi connectivity index (χ1) is 7.51. The number of hydrogen-bond donors (Lipinski definition) is 2. The lowest BCUT2D eigenvalue weighted by Gasteiger charge is -2.28. The maximum Gasteiger partial charge on any atom is 0.208 e. The topological polar surface area (TPSA) is 67.4 Å². The molecule has 0 radical (unpaired) electrons. The van der Waals surface area contributed by atoms with Crippen molar-refractivity contribution in [1.82, 2.24) is 10.0 Å². The first-order valence-electron chi connectivity index (χ1n) is 5.72. The zero-order valence-electron chi connectivity index (χ0n) is 10.0. The smallest absolute Gasteiger partial charge is 0.208 e. The van der Waals surface area contributed by atoms with E-state index in [1.807, 2.05) is 0 Å². The molecule has 2 atom stereocenters. The SMILES string of the molecule is COC1CCCC(NCCNS(C)(=O)=O)C1. The van der Waals surface area contributed by atoms with Crippen molar-refractivity contribution < 1.29 is 13.2 Å². The van der Waals surface area contributed by atoms with Gasteiger partial charge in [0.2, 0.25) is 10.0 Å². The normalized spacial score (nSPS) is 26.9. The quantitative estimate of drug-likeness (QED) is 0.655. The summed E-state index contributed by atoms with van der Waals surface area (Å²) in [5.41, 5.74) is 0. The van der Waals surface area contributed by atoms with Crippen molar-refractivity contribution in [2.45, 2.75) is 37.8 Å². The van der Waals surface area contributed by atoms with E-state index in [1.54, 1.807) is 7.11 Å². The summed E-state index contributed by atoms with van der Waals surface area (Å²) in [5, 5.41) is 3.35. The minimum Gasteiger partial charge on any atom is -0.381 e. The molecule has 1 aliphatic carbocycles. The van der Waals surface area contributed by atoms with Crippen molar-refractivity contribution in [3.8, 4) is 0 Å². The molecule has 0 aromatic rings. The Morgan fingerprint density at radius 3 is 2.69 bits per heavy atom. The largest absolute Gasteiger partial charge is 0.381 e. The molecule has 0 aliphatic heterocycles. The summed E-state index contributed by atoms with van der Waals surface area (Å²) >= 11 is 0. The van der Waals surface area contributed by atoms with Crippen LogP contribution in [-0.2, 0) is 14.8 Å². The van der Waals surface area contributed by atoms with Crippen LogP contribution >= 0.6 is 0 Å². The number of nitrogens with one attached hydrogen (secondary N) is 2. The van der Waals surface area contributed by atoms with Crippen molar-refractivity contribution in [2.75, 3.05) is 26.5 Å². The number of rotatable bonds is 6. The van der Waals surface area contributed by atoms with E-state index >= 15 is 0 Å². The Labute approximate surface area is 98.0 Å². The molecule has 0 saturated heterocycles. The van der Waals surface area contributed by atoms with Gasteiger partial charge in [-0.2, -0.15) is 0 Å². The molecule has 0 spiro atoms. The lowest BCUT2D eigenvalue weighted by Crippen LogP contribution is -2.40. The van der Waals surface area contributed by atoms with Crippen LogP contribution in [0.3, 0.4) is 0 Å². The van der Waals surface area contributed by atoms with Gasteiger partial charge in [0.15, 0.2) is 0 Å². The van der Waals surface area contributed by atoms with E-state index in [9.17, 15) is 8.42 Å². The van der Waals surface area contributed by atoms with Gasteiger partial charge in [-0.15, -0.1) is 0 Å². The van der Waals surface area contributed by atoms with Crippen molar-refractivity contribution >= 4 is 10.0 Å². The van der Waals surface area contributed by atoms with E-state index in [0.29, 0.717) is 25.2 Å². The Balaban J connectivity index is 2.13. The maximum absolute atomic E-state index is 10.8. The van der Waals surface area contributed by atoms with Crippen molar-refractivity contribution in [1.29, 1.82) is 0 Å². The second kappa shape index (κ2) is 6.54. The molecule has 6 heteroatoms. The van der Waals surface area contributed by atoms with Crippen LogP contribution in [0.4, 0.5) is 0 Å². The highest BCUT2D eigenvalue weighted by atomic mass is 32.2. The Morgan fingerprint density at radius 1 is 1.31 bits per heavy atom. The monoisotopic (exact) mass is 250 g/mol. The summed E-state index contributed by atoms with van der Waals surface area (Å²) in [6, 6.07) is 0.458. The van der Waals surface area contributed by atoms with E-state index in [1.165, 1.54) is 12.7 Å². The molecule has 2 N–H and O–H groups in total. The van der Waals surface area contributed by atoms with Crippen LogP contribution in [0.2, 0.25) is 0 Å². The summed E-state index contributed by atoms with van der Waals surface area (Å²) in [6.07, 6.45) is 6.02. The van der Waals surface area contributed by atoms with E-state index in [0.717, 1.165) is 19.3 Å². The summed E-state index contributed by atoms with van der Waals surface area (Å²) in [7, 11) is -1.31. The molecule has 16 heavy (non-hydrogen) atoms. The zero-order chi connectivity index (χ0) is 12.0. The average Bonchev–Trinajstić information content (AvgIpc) is 2.23. The lowest BCUT2D eigenvalue weighted by molar-refractivity contribution is 0.0590. The van der Waals surface area contributed by atoms with Crippen LogP contribution in [0.5, 0.6) is 0 Å². The average molecular weight is 250 g/mol. The predicted molar refractivity (Wildman–Crippen MR) is 63.9 cm³/mol. The van der Waals surface area contributed by atoms with Gasteiger partial charge >= 0.3 is 0 Å². The fraction of sp³-hybridized carbons (Fsp3) is 1.00. The van der Waals surface area contributed by atoms with Crippen molar-refractivity contribution in [2.24, 2.45) is 0 Å². The van der Waals surface area contributed by atoms with Crippen LogP contribution in [0, 0.1) is 0 Å². The third-order valence-corrected chi connectivity index (χ3v) is 3.61. The number of hydrogen-bond acceptors (Lipinski definition) is 4. The Kier molecular flexibility index (Phi) is 5.68. The number of ether oxygens (including phenoxy) is 1. The third kappa shape index (κ3) is 5.79. The molecule has 1 saturated carbocycles. The van der Waals surface area contributed by atoms with Crippen LogP contribution in [0.1, 0.15) is 25.7 Å². The van der Waals surface area contributed by atoms with Gasteiger partial charge in [-0.25, -0.2) is 13.1 Å². The van der Waals surface area contributed by atoms with Gasteiger partial charge in [0.25, 0.3) is 0 Å². The van der Waals surface area contributed by atoms with Crippen molar-refractivity contribution in [3.63, 3.8) is 0 Å². The minimum atomic E-state index is -3.06. The van der Waals surface area contributed by atoms with E-state index in [4.69, 9.17) is 4.74 Å². The van der Waals surface area contributed by atoms with Gasteiger partial charge in [-0.05, 0) is 25.7 Å². The summed E-state index contributed by atoms with van der Waals surface area (Å²) in [4.78, 5) is 0. The van der Waals surface area contributed by atoms with Gasteiger partial charge in [0.1, 0.15) is 0 Å². The van der Waals surface area contributed by atoms with Gasteiger partial charge in [0, 0.05) is 26.2 Å². The molecule has 96 valence electrons. The highest BCUT2D eigenvalue weighted by Crippen LogP contribution is 2.20. The maximum atomic E-state index is 10.8. The van der Waals surface area contributed by atoms with E-state index in [-0.39, 0.29) is 0 Å². The second-order valence-corrected chi connectivity index (χ2v) is 6.17. The van der Waals surface area contributed by atoms with Crippen LogP contribution in [0.25, 0.3) is 0 Å². The highest BCUT2D eigenvalue weighted by molar-refractivity contribution is 7.88. The van der Waals surface area contributed by atoms with Crippen molar-refractivity contribution in [3.05, 3.63) is 0 Å². The minimum absolute atomic E-state index is 0.356. The van der Waals surface area contributed by atoms with Crippen LogP contribution < -0.4 is 10.0 Å². The third-order valence-electron chi connectivity index (χ3n) is 2.88. The Bertz CT molecular complexity index is 292. The molecule has 0 amide bonds. The fourth-order valence-electron chi connectivity index (χ4n) is 2.06. The summed E-state index contributed by atoms with van der Waals surface area (Å²) in [6.45, 7) is 1.13.